The van der Waals surface area contributed by atoms with E-state index in [1.165, 1.54) is 0 Å². The van der Waals surface area contributed by atoms with E-state index in [4.69, 9.17) is 4.98 Å². The van der Waals surface area contributed by atoms with Crippen molar-refractivity contribution in [2.24, 2.45) is 0 Å². The van der Waals surface area contributed by atoms with Crippen molar-refractivity contribution in [3.8, 4) is 11.4 Å². The Morgan fingerprint density at radius 3 is 2.81 bits per heavy atom. The van der Waals surface area contributed by atoms with Gasteiger partial charge in [-0.15, -0.1) is 0 Å². The van der Waals surface area contributed by atoms with Gasteiger partial charge in [-0.3, -0.25) is 4.40 Å². The van der Waals surface area contributed by atoms with E-state index in [2.05, 4.69) is 80.8 Å². The Bertz CT molecular complexity index is 1180. The van der Waals surface area contributed by atoms with Crippen LogP contribution in [0.5, 0.6) is 0 Å². The highest BCUT2D eigenvalue weighted by atomic mass is 79.9. The lowest BCUT2D eigenvalue weighted by Crippen LogP contribution is -1.94. The van der Waals surface area contributed by atoms with Gasteiger partial charge in [0.15, 0.2) is 0 Å². The molecule has 4 aromatic rings. The molecule has 0 saturated heterocycles. The first-order valence-corrected chi connectivity index (χ1v) is 9.87. The molecule has 0 aliphatic heterocycles. The summed E-state index contributed by atoms with van der Waals surface area (Å²) in [5.41, 5.74) is 5.15. The first kappa shape index (κ1) is 17.7. The molecule has 0 aliphatic rings. The monoisotopic (exact) mass is 417 g/mol. The molecular weight excluding hydrogens is 398 g/mol. The van der Waals surface area contributed by atoms with Gasteiger partial charge in [0.1, 0.15) is 11.5 Å². The standard InChI is InChI=1S/C23H20BrN3/c1-3-7-16(8-4-2)21-20-13-12-17-10-6-14-25-22(17)27(20)23(26-21)18-9-5-11-19(24)15-18/h3,5-15H,4H2,1-2H3/b7-3-,16-8+. The number of benzene rings is 1. The maximum atomic E-state index is 5.07. The average molecular weight is 418 g/mol. The van der Waals surface area contributed by atoms with Crippen LogP contribution in [0.2, 0.25) is 0 Å². The Labute approximate surface area is 167 Å². The fourth-order valence-electron chi connectivity index (χ4n) is 3.37. The highest BCUT2D eigenvalue weighted by Crippen LogP contribution is 2.31. The van der Waals surface area contributed by atoms with Crippen LogP contribution in [0.3, 0.4) is 0 Å². The van der Waals surface area contributed by atoms with Gasteiger partial charge in [-0.05, 0) is 55.3 Å². The van der Waals surface area contributed by atoms with Crippen molar-refractivity contribution in [2.75, 3.05) is 0 Å². The van der Waals surface area contributed by atoms with E-state index in [0.29, 0.717) is 0 Å². The molecule has 27 heavy (non-hydrogen) atoms. The normalized spacial score (nSPS) is 12.5. The van der Waals surface area contributed by atoms with Crippen molar-refractivity contribution in [3.63, 3.8) is 0 Å². The van der Waals surface area contributed by atoms with Crippen LogP contribution in [0.4, 0.5) is 0 Å². The number of hydrogen-bond acceptors (Lipinski definition) is 2. The zero-order chi connectivity index (χ0) is 18.8. The lowest BCUT2D eigenvalue weighted by Gasteiger charge is -2.06. The number of rotatable bonds is 4. The zero-order valence-corrected chi connectivity index (χ0v) is 16.9. The van der Waals surface area contributed by atoms with Crippen LogP contribution in [0.15, 0.2) is 77.4 Å². The van der Waals surface area contributed by atoms with Gasteiger partial charge in [0.25, 0.3) is 0 Å². The van der Waals surface area contributed by atoms with Crippen LogP contribution in [0.25, 0.3) is 33.5 Å². The summed E-state index contributed by atoms with van der Waals surface area (Å²) in [6.07, 6.45) is 9.19. The van der Waals surface area contributed by atoms with Gasteiger partial charge in [0.05, 0.1) is 11.2 Å². The van der Waals surface area contributed by atoms with Gasteiger partial charge >= 0.3 is 0 Å². The number of hydrogen-bond donors (Lipinski definition) is 0. The maximum Gasteiger partial charge on any atom is 0.146 e. The first-order valence-electron chi connectivity index (χ1n) is 9.08. The number of aromatic nitrogens is 3. The van der Waals surface area contributed by atoms with E-state index in [1.54, 1.807) is 0 Å². The van der Waals surface area contributed by atoms with Crippen molar-refractivity contribution in [1.29, 1.82) is 0 Å². The van der Waals surface area contributed by atoms with Crippen LogP contribution < -0.4 is 0 Å². The predicted octanol–water partition coefficient (Wildman–Crippen LogP) is 6.68. The van der Waals surface area contributed by atoms with Crippen molar-refractivity contribution in [3.05, 3.63) is 83.1 Å². The van der Waals surface area contributed by atoms with E-state index in [0.717, 1.165) is 50.1 Å². The number of allylic oxidation sites excluding steroid dienone is 4. The van der Waals surface area contributed by atoms with Crippen LogP contribution in [-0.2, 0) is 0 Å². The summed E-state index contributed by atoms with van der Waals surface area (Å²) in [6.45, 7) is 4.18. The summed E-state index contributed by atoms with van der Waals surface area (Å²) < 4.78 is 3.20. The topological polar surface area (TPSA) is 30.2 Å². The minimum atomic E-state index is 0.900. The molecule has 0 radical (unpaired) electrons. The minimum Gasteiger partial charge on any atom is -0.276 e. The molecule has 0 bridgehead atoms. The molecule has 0 aliphatic carbocycles. The molecule has 1 aromatic carbocycles. The van der Waals surface area contributed by atoms with Gasteiger partial charge in [-0.1, -0.05) is 53.2 Å². The Morgan fingerprint density at radius 2 is 2.04 bits per heavy atom. The number of nitrogens with zero attached hydrogens (tertiary/aromatic N) is 3. The predicted molar refractivity (Wildman–Crippen MR) is 117 cm³/mol. The summed E-state index contributed by atoms with van der Waals surface area (Å²) in [5, 5.41) is 1.09. The number of imidazole rings is 1. The summed E-state index contributed by atoms with van der Waals surface area (Å²) in [6, 6.07) is 16.6. The van der Waals surface area contributed by atoms with Crippen LogP contribution in [0, 0.1) is 0 Å². The third-order valence-corrected chi connectivity index (χ3v) is 4.98. The van der Waals surface area contributed by atoms with Crippen LogP contribution in [0.1, 0.15) is 26.0 Å². The molecule has 0 fully saturated rings. The molecule has 0 atom stereocenters. The number of pyridine rings is 2. The molecule has 4 heteroatoms. The molecule has 0 N–H and O–H groups in total. The highest BCUT2D eigenvalue weighted by Gasteiger charge is 2.17. The van der Waals surface area contributed by atoms with E-state index >= 15 is 0 Å². The maximum absolute atomic E-state index is 5.07. The van der Waals surface area contributed by atoms with Gasteiger partial charge in [0, 0.05) is 21.6 Å². The molecule has 4 rings (SSSR count). The van der Waals surface area contributed by atoms with Gasteiger partial charge in [0.2, 0.25) is 0 Å². The molecule has 3 heterocycles. The second-order valence-corrected chi connectivity index (χ2v) is 7.25. The fraction of sp³-hybridized carbons (Fsp3) is 0.130. The van der Waals surface area contributed by atoms with Crippen molar-refractivity contribution >= 4 is 38.1 Å². The molecule has 0 unspecified atom stereocenters. The van der Waals surface area contributed by atoms with Crippen molar-refractivity contribution in [1.82, 2.24) is 14.4 Å². The molecule has 3 aromatic heterocycles. The van der Waals surface area contributed by atoms with Gasteiger partial charge in [-0.2, -0.15) is 0 Å². The molecular formula is C23H20BrN3. The molecule has 0 saturated carbocycles. The summed E-state index contributed by atoms with van der Waals surface area (Å²) >= 11 is 3.58. The third kappa shape index (κ3) is 3.21. The number of fused-ring (bicyclic) bond motifs is 3. The Kier molecular flexibility index (Phi) is 4.90. The SMILES string of the molecule is C/C=C\C(=C/CC)c1nc(-c2cccc(Br)c2)n2c1ccc1cccnc12. The van der Waals surface area contributed by atoms with Gasteiger partial charge < -0.3 is 0 Å². The second-order valence-electron chi connectivity index (χ2n) is 6.33. The fourth-order valence-corrected chi connectivity index (χ4v) is 3.77. The minimum absolute atomic E-state index is 0.900. The van der Waals surface area contributed by atoms with Crippen molar-refractivity contribution < 1.29 is 0 Å². The van der Waals surface area contributed by atoms with E-state index in [-0.39, 0.29) is 0 Å². The molecule has 0 amide bonds. The van der Waals surface area contributed by atoms with Crippen LogP contribution >= 0.6 is 15.9 Å². The summed E-state index contributed by atoms with van der Waals surface area (Å²) in [4.78, 5) is 9.73. The molecule has 134 valence electrons. The largest absolute Gasteiger partial charge is 0.276 e. The molecule has 3 nitrogen and oxygen atoms in total. The lowest BCUT2D eigenvalue weighted by molar-refractivity contribution is 1.17. The number of halogens is 1. The third-order valence-electron chi connectivity index (χ3n) is 4.49. The smallest absolute Gasteiger partial charge is 0.146 e. The zero-order valence-electron chi connectivity index (χ0n) is 15.4. The Morgan fingerprint density at radius 1 is 1.15 bits per heavy atom. The van der Waals surface area contributed by atoms with Gasteiger partial charge in [-0.25, -0.2) is 9.97 Å². The summed E-state index contributed by atoms with van der Waals surface area (Å²) in [7, 11) is 0. The highest BCUT2D eigenvalue weighted by molar-refractivity contribution is 9.10. The average Bonchev–Trinajstić information content (AvgIpc) is 3.08. The Hall–Kier alpha value is -2.72. The quantitative estimate of drug-likeness (QED) is 0.346. The Balaban J connectivity index is 2.13. The lowest BCUT2D eigenvalue weighted by atomic mass is 10.1. The first-order chi connectivity index (χ1) is 13.2. The van der Waals surface area contributed by atoms with E-state index in [9.17, 15) is 0 Å². The van der Waals surface area contributed by atoms with Crippen molar-refractivity contribution in [2.45, 2.75) is 20.3 Å². The second kappa shape index (κ2) is 7.49. The van der Waals surface area contributed by atoms with E-state index in [1.807, 2.05) is 31.3 Å². The molecule has 0 spiro atoms. The van der Waals surface area contributed by atoms with E-state index < -0.39 is 0 Å². The summed E-state index contributed by atoms with van der Waals surface area (Å²) in [5.74, 6) is 0.900. The van der Waals surface area contributed by atoms with Crippen LogP contribution in [-0.4, -0.2) is 14.4 Å².